The lowest BCUT2D eigenvalue weighted by Gasteiger charge is -2.02. The number of thiophene rings is 1. The lowest BCUT2D eigenvalue weighted by Crippen LogP contribution is -2.25. The minimum absolute atomic E-state index is 0.0316. The number of amides is 1. The molecule has 3 aromatic rings. The minimum atomic E-state index is -1.05. The van der Waals surface area contributed by atoms with E-state index in [0.29, 0.717) is 36.1 Å². The van der Waals surface area contributed by atoms with Gasteiger partial charge in [-0.2, -0.15) is 16.3 Å². The topological polar surface area (TPSA) is 118 Å². The molecule has 0 atom stereocenters. The van der Waals surface area contributed by atoms with Gasteiger partial charge in [0.05, 0.1) is 5.01 Å². The first kappa shape index (κ1) is 17.2. The van der Waals surface area contributed by atoms with Crippen molar-refractivity contribution in [3.63, 3.8) is 0 Å². The van der Waals surface area contributed by atoms with Crippen LogP contribution in [0.1, 0.15) is 27.8 Å². The molecule has 0 bridgehead atoms. The van der Waals surface area contributed by atoms with Gasteiger partial charge in [-0.1, -0.05) is 5.16 Å². The van der Waals surface area contributed by atoms with Crippen molar-refractivity contribution in [1.82, 2.24) is 20.4 Å². The van der Waals surface area contributed by atoms with Crippen LogP contribution < -0.4 is 5.32 Å². The van der Waals surface area contributed by atoms with Crippen LogP contribution in [0.5, 0.6) is 0 Å². The van der Waals surface area contributed by atoms with Crippen molar-refractivity contribution in [2.24, 2.45) is 0 Å². The number of nitrogens with one attached hydrogen (secondary N) is 1. The summed E-state index contributed by atoms with van der Waals surface area (Å²) in [6.07, 6.45) is 1.10. The molecule has 0 aliphatic heterocycles. The van der Waals surface area contributed by atoms with Gasteiger partial charge in [0, 0.05) is 42.1 Å². The van der Waals surface area contributed by atoms with E-state index in [2.05, 4.69) is 20.4 Å². The molecule has 0 aromatic carbocycles. The van der Waals surface area contributed by atoms with Crippen molar-refractivity contribution in [2.75, 3.05) is 6.54 Å². The van der Waals surface area contributed by atoms with Gasteiger partial charge in [-0.3, -0.25) is 4.79 Å². The molecule has 0 saturated carbocycles. The molecule has 3 aromatic heterocycles. The number of hydrogen-bond acceptors (Lipinski definition) is 8. The number of rotatable bonds is 8. The first-order valence-corrected chi connectivity index (χ1v) is 9.23. The highest BCUT2D eigenvalue weighted by atomic mass is 32.1. The van der Waals surface area contributed by atoms with Gasteiger partial charge in [0.15, 0.2) is 5.69 Å². The van der Waals surface area contributed by atoms with Gasteiger partial charge in [0.25, 0.3) is 0 Å². The van der Waals surface area contributed by atoms with Crippen molar-refractivity contribution in [3.8, 4) is 11.4 Å². The average molecular weight is 378 g/mol. The maximum atomic E-state index is 11.8. The Morgan fingerprint density at radius 2 is 2.12 bits per heavy atom. The summed E-state index contributed by atoms with van der Waals surface area (Å²) in [4.78, 5) is 30.8. The van der Waals surface area contributed by atoms with Gasteiger partial charge >= 0.3 is 5.97 Å². The van der Waals surface area contributed by atoms with Crippen LogP contribution in [0.25, 0.3) is 11.4 Å². The first-order valence-electron chi connectivity index (χ1n) is 7.41. The zero-order chi connectivity index (χ0) is 17.6. The van der Waals surface area contributed by atoms with Crippen molar-refractivity contribution < 1.29 is 19.2 Å². The SMILES string of the molecule is O=C(CCc1nc(-c2ccsc2)no1)NCCc1nc(C(=O)O)cs1. The van der Waals surface area contributed by atoms with Gasteiger partial charge in [0.1, 0.15) is 0 Å². The molecule has 0 unspecified atom stereocenters. The lowest BCUT2D eigenvalue weighted by atomic mass is 10.3. The van der Waals surface area contributed by atoms with Crippen LogP contribution in [0.3, 0.4) is 0 Å². The Bertz CT molecular complexity index is 857. The number of aryl methyl sites for hydroxylation is 1. The quantitative estimate of drug-likeness (QED) is 0.617. The van der Waals surface area contributed by atoms with E-state index in [4.69, 9.17) is 9.63 Å². The third kappa shape index (κ3) is 4.70. The molecular formula is C15H14N4O4S2. The molecule has 10 heteroatoms. The molecule has 1 amide bonds. The Morgan fingerprint density at radius 3 is 2.84 bits per heavy atom. The summed E-state index contributed by atoms with van der Waals surface area (Å²) < 4.78 is 5.14. The Balaban J connectivity index is 1.40. The van der Waals surface area contributed by atoms with Crippen LogP contribution >= 0.6 is 22.7 Å². The molecule has 0 fully saturated rings. The van der Waals surface area contributed by atoms with Gasteiger partial charge in [0.2, 0.25) is 17.6 Å². The van der Waals surface area contributed by atoms with E-state index in [-0.39, 0.29) is 18.0 Å². The van der Waals surface area contributed by atoms with E-state index in [1.54, 1.807) is 11.3 Å². The van der Waals surface area contributed by atoms with Gasteiger partial charge in [-0.15, -0.1) is 11.3 Å². The van der Waals surface area contributed by atoms with Gasteiger partial charge in [-0.05, 0) is 11.4 Å². The fourth-order valence-electron chi connectivity index (χ4n) is 2.01. The second-order valence-corrected chi connectivity index (χ2v) is 6.78. The third-order valence-electron chi connectivity index (χ3n) is 3.25. The summed E-state index contributed by atoms with van der Waals surface area (Å²) in [6, 6.07) is 1.90. The Labute approximate surface area is 150 Å². The summed E-state index contributed by atoms with van der Waals surface area (Å²) in [5, 5.41) is 21.5. The van der Waals surface area contributed by atoms with Crippen molar-refractivity contribution >= 4 is 34.6 Å². The third-order valence-corrected chi connectivity index (χ3v) is 4.84. The normalized spacial score (nSPS) is 10.7. The molecule has 3 heterocycles. The number of carboxylic acids is 1. The number of carbonyl (C=O) groups is 2. The van der Waals surface area contributed by atoms with Crippen LogP contribution in [0.15, 0.2) is 26.7 Å². The Kier molecular flexibility index (Phi) is 5.51. The molecule has 2 N–H and O–H groups in total. The second-order valence-electron chi connectivity index (χ2n) is 5.06. The monoisotopic (exact) mass is 378 g/mol. The molecular weight excluding hydrogens is 364 g/mol. The number of carboxylic acid groups (broad SMARTS) is 1. The molecule has 130 valence electrons. The van der Waals surface area contributed by atoms with Crippen LogP contribution in [0.2, 0.25) is 0 Å². The Morgan fingerprint density at radius 1 is 1.24 bits per heavy atom. The smallest absolute Gasteiger partial charge is 0.355 e. The molecule has 0 radical (unpaired) electrons. The molecule has 0 aliphatic carbocycles. The summed E-state index contributed by atoms with van der Waals surface area (Å²) in [6.45, 7) is 0.398. The van der Waals surface area contributed by atoms with E-state index in [0.717, 1.165) is 5.56 Å². The lowest BCUT2D eigenvalue weighted by molar-refractivity contribution is -0.121. The molecule has 8 nitrogen and oxygen atoms in total. The summed E-state index contributed by atoms with van der Waals surface area (Å²) in [5.41, 5.74) is 0.928. The fraction of sp³-hybridized carbons (Fsp3) is 0.267. The molecule has 0 spiro atoms. The molecule has 3 rings (SSSR count). The molecule has 25 heavy (non-hydrogen) atoms. The predicted octanol–water partition coefficient (Wildman–Crippen LogP) is 2.24. The number of thiazole rings is 1. The first-order chi connectivity index (χ1) is 12.1. The summed E-state index contributed by atoms with van der Waals surface area (Å²) >= 11 is 2.82. The van der Waals surface area contributed by atoms with E-state index in [1.807, 2.05) is 16.8 Å². The number of hydrogen-bond donors (Lipinski definition) is 2. The Hall–Kier alpha value is -2.59. The van der Waals surface area contributed by atoms with Gasteiger partial charge < -0.3 is 14.9 Å². The zero-order valence-corrected chi connectivity index (χ0v) is 14.6. The van der Waals surface area contributed by atoms with E-state index >= 15 is 0 Å². The number of aromatic nitrogens is 3. The standard InChI is InChI=1S/C15H14N4O4S2/c20-11(16-5-3-13-17-10(8-25-13)15(21)22)1-2-12-18-14(19-23-12)9-4-6-24-7-9/h4,6-8H,1-3,5H2,(H,16,20)(H,21,22). The molecule has 0 saturated heterocycles. The van der Waals surface area contributed by atoms with Gasteiger partial charge in [-0.25, -0.2) is 9.78 Å². The minimum Gasteiger partial charge on any atom is -0.476 e. The average Bonchev–Trinajstić information content (AvgIpc) is 3.33. The van der Waals surface area contributed by atoms with Crippen LogP contribution in [-0.2, 0) is 17.6 Å². The zero-order valence-electron chi connectivity index (χ0n) is 13.0. The highest BCUT2D eigenvalue weighted by molar-refractivity contribution is 7.09. The van der Waals surface area contributed by atoms with Crippen LogP contribution in [-0.4, -0.2) is 38.7 Å². The highest BCUT2D eigenvalue weighted by Crippen LogP contribution is 2.19. The predicted molar refractivity (Wildman–Crippen MR) is 91.7 cm³/mol. The number of nitrogens with zero attached hydrogens (tertiary/aromatic N) is 3. The highest BCUT2D eigenvalue weighted by Gasteiger charge is 2.12. The van der Waals surface area contributed by atoms with Crippen molar-refractivity contribution in [2.45, 2.75) is 19.3 Å². The van der Waals surface area contributed by atoms with Crippen molar-refractivity contribution in [1.29, 1.82) is 0 Å². The molecule has 0 aliphatic rings. The maximum Gasteiger partial charge on any atom is 0.355 e. The number of aromatic carboxylic acids is 1. The van der Waals surface area contributed by atoms with E-state index in [9.17, 15) is 9.59 Å². The van der Waals surface area contributed by atoms with E-state index < -0.39 is 5.97 Å². The van der Waals surface area contributed by atoms with E-state index in [1.165, 1.54) is 16.7 Å². The number of carbonyl (C=O) groups excluding carboxylic acids is 1. The van der Waals surface area contributed by atoms with Crippen LogP contribution in [0.4, 0.5) is 0 Å². The van der Waals surface area contributed by atoms with Crippen LogP contribution in [0, 0.1) is 0 Å². The second kappa shape index (κ2) is 7.99. The van der Waals surface area contributed by atoms with Crippen molar-refractivity contribution in [3.05, 3.63) is 38.8 Å². The fourth-order valence-corrected chi connectivity index (χ4v) is 3.41. The summed E-state index contributed by atoms with van der Waals surface area (Å²) in [5.74, 6) is -0.241. The maximum absolute atomic E-state index is 11.8. The summed E-state index contributed by atoms with van der Waals surface area (Å²) in [7, 11) is 0. The largest absolute Gasteiger partial charge is 0.476 e.